The molecule has 0 bridgehead atoms. The largest absolute Gasteiger partial charge is 0.572 e. The van der Waals surface area contributed by atoms with E-state index in [0.717, 1.165) is 22.9 Å². The molecule has 0 aliphatic heterocycles. The van der Waals surface area contributed by atoms with Crippen LogP contribution in [0.25, 0.3) is 0 Å². The molecule has 30 heavy (non-hydrogen) atoms. The van der Waals surface area contributed by atoms with Gasteiger partial charge in [0.15, 0.2) is 0 Å². The lowest BCUT2D eigenvalue weighted by atomic mass is 10.0. The lowest BCUT2D eigenvalue weighted by Gasteiger charge is -2.22. The molecule has 0 atom stereocenters. The highest BCUT2D eigenvalue weighted by atomic mass is 19.4. The van der Waals surface area contributed by atoms with Crippen LogP contribution in [-0.4, -0.2) is 15.9 Å². The second-order valence-corrected chi connectivity index (χ2v) is 6.57. The number of anilines is 1. The predicted molar refractivity (Wildman–Crippen MR) is 94.7 cm³/mol. The van der Waals surface area contributed by atoms with Gasteiger partial charge in [-0.25, -0.2) is 8.78 Å². The van der Waals surface area contributed by atoms with Crippen LogP contribution < -0.4 is 10.9 Å². The quantitative estimate of drug-likeness (QED) is 0.703. The maximum Gasteiger partial charge on any atom is 0.572 e. The summed E-state index contributed by atoms with van der Waals surface area (Å²) in [6.45, 7) is 1.31. The Morgan fingerprint density at radius 2 is 1.80 bits per heavy atom. The molecule has 2 aromatic rings. The van der Waals surface area contributed by atoms with Gasteiger partial charge in [-0.1, -0.05) is 0 Å². The molecule has 1 aromatic carbocycles. The van der Waals surface area contributed by atoms with Gasteiger partial charge >= 0.3 is 11.9 Å². The molecule has 160 valence electrons. The second kappa shape index (κ2) is 8.25. The molecule has 0 fully saturated rings. The van der Waals surface area contributed by atoms with Crippen molar-refractivity contribution < 1.29 is 31.1 Å². The Bertz CT molecular complexity index is 1070. The molecular formula is C19H15F6N3O2. The number of benzene rings is 1. The van der Waals surface area contributed by atoms with Crippen molar-refractivity contribution in [1.82, 2.24) is 9.55 Å². The third-order valence-electron chi connectivity index (χ3n) is 4.21. The van der Waals surface area contributed by atoms with Crippen LogP contribution >= 0.6 is 0 Å². The highest BCUT2D eigenvalue weighted by Crippen LogP contribution is 2.30. The predicted octanol–water partition coefficient (Wildman–Crippen LogP) is 4.61. The summed E-state index contributed by atoms with van der Waals surface area (Å²) >= 11 is 0. The number of alkyl halides is 3. The van der Waals surface area contributed by atoms with Gasteiger partial charge in [0, 0.05) is 24.4 Å². The minimum Gasteiger partial charge on any atom is -0.410 e. The first-order valence-electron chi connectivity index (χ1n) is 8.65. The van der Waals surface area contributed by atoms with Crippen LogP contribution in [0.1, 0.15) is 25.3 Å². The standard InChI is InChI=1S/C19H15F6N3O2/c1-10-4-14(30-19(23,24)25)2-3-16(10)26-18-27-17(29)15(22)9-28(18)8-11-5-12(20)7-13(21)6-11/h4-7,9H,2-3,8H2,1H3,(H,26,27,29). The maximum absolute atomic E-state index is 13.8. The molecule has 11 heteroatoms. The van der Waals surface area contributed by atoms with Crippen LogP contribution in [0.2, 0.25) is 0 Å². The molecular weight excluding hydrogens is 416 g/mol. The zero-order valence-corrected chi connectivity index (χ0v) is 15.5. The summed E-state index contributed by atoms with van der Waals surface area (Å²) in [5, 5.41) is 2.80. The van der Waals surface area contributed by atoms with Crippen molar-refractivity contribution in [1.29, 1.82) is 0 Å². The minimum atomic E-state index is -4.81. The number of hydrogen-bond donors (Lipinski definition) is 1. The molecule has 1 aliphatic rings. The molecule has 0 saturated carbocycles. The van der Waals surface area contributed by atoms with E-state index in [-0.39, 0.29) is 36.7 Å². The van der Waals surface area contributed by atoms with Gasteiger partial charge in [0.25, 0.3) is 0 Å². The van der Waals surface area contributed by atoms with Crippen LogP contribution in [0.4, 0.5) is 32.3 Å². The van der Waals surface area contributed by atoms with Crippen molar-refractivity contribution in [3.8, 4) is 0 Å². The summed E-state index contributed by atoms with van der Waals surface area (Å²) in [5.74, 6) is -3.24. The average molecular weight is 431 g/mol. The zero-order chi connectivity index (χ0) is 22.1. The normalized spacial score (nSPS) is 14.6. The Morgan fingerprint density at radius 1 is 1.13 bits per heavy atom. The van der Waals surface area contributed by atoms with Gasteiger partial charge in [-0.3, -0.25) is 4.79 Å². The number of aromatic nitrogens is 2. The topological polar surface area (TPSA) is 56.2 Å². The van der Waals surface area contributed by atoms with Crippen molar-refractivity contribution in [3.63, 3.8) is 0 Å². The monoisotopic (exact) mass is 431 g/mol. The highest BCUT2D eigenvalue weighted by molar-refractivity contribution is 5.43. The van der Waals surface area contributed by atoms with E-state index in [0.29, 0.717) is 17.3 Å². The first-order chi connectivity index (χ1) is 14.0. The number of hydrogen-bond acceptors (Lipinski definition) is 4. The van der Waals surface area contributed by atoms with Crippen molar-refractivity contribution in [2.45, 2.75) is 32.7 Å². The molecule has 5 nitrogen and oxygen atoms in total. The van der Waals surface area contributed by atoms with Crippen molar-refractivity contribution in [2.24, 2.45) is 0 Å². The number of ether oxygens (including phenoxy) is 1. The van der Waals surface area contributed by atoms with Crippen LogP contribution in [-0.2, 0) is 11.3 Å². The third-order valence-corrected chi connectivity index (χ3v) is 4.21. The number of rotatable bonds is 5. The second-order valence-electron chi connectivity index (χ2n) is 6.57. The Labute approximate surface area is 166 Å². The minimum absolute atomic E-state index is 0.0697. The van der Waals surface area contributed by atoms with Gasteiger partial charge in [0.05, 0.1) is 6.54 Å². The lowest BCUT2D eigenvalue weighted by molar-refractivity contribution is -0.306. The first kappa shape index (κ1) is 21.5. The van der Waals surface area contributed by atoms with Crippen molar-refractivity contribution in [3.05, 3.63) is 80.9 Å². The molecule has 1 aromatic heterocycles. The van der Waals surface area contributed by atoms with Crippen LogP contribution in [0.15, 0.2) is 52.3 Å². The van der Waals surface area contributed by atoms with E-state index in [1.54, 1.807) is 0 Å². The summed E-state index contributed by atoms with van der Waals surface area (Å²) in [5.41, 5.74) is -0.190. The number of nitrogens with one attached hydrogen (secondary N) is 1. The van der Waals surface area contributed by atoms with E-state index in [9.17, 15) is 31.1 Å². The summed E-state index contributed by atoms with van der Waals surface area (Å²) < 4.78 is 82.8. The third kappa shape index (κ3) is 5.43. The average Bonchev–Trinajstić information content (AvgIpc) is 2.59. The first-order valence-corrected chi connectivity index (χ1v) is 8.65. The van der Waals surface area contributed by atoms with Crippen LogP contribution in [0, 0.1) is 17.5 Å². The van der Waals surface area contributed by atoms with E-state index >= 15 is 0 Å². The van der Waals surface area contributed by atoms with Gasteiger partial charge < -0.3 is 14.6 Å². The summed E-state index contributed by atoms with van der Waals surface area (Å²) in [7, 11) is 0. The van der Waals surface area contributed by atoms with E-state index in [4.69, 9.17) is 0 Å². The van der Waals surface area contributed by atoms with Gasteiger partial charge in [-0.15, -0.1) is 13.2 Å². The van der Waals surface area contributed by atoms with Crippen molar-refractivity contribution >= 4 is 5.95 Å². The fourth-order valence-electron chi connectivity index (χ4n) is 2.96. The van der Waals surface area contributed by atoms with Gasteiger partial charge in [-0.05, 0) is 42.7 Å². The van der Waals surface area contributed by atoms with E-state index in [2.05, 4.69) is 15.0 Å². The highest BCUT2D eigenvalue weighted by Gasteiger charge is 2.32. The summed E-state index contributed by atoms with van der Waals surface area (Å²) in [6, 6.07) is 2.75. The van der Waals surface area contributed by atoms with E-state index in [1.165, 1.54) is 13.0 Å². The molecule has 1 heterocycles. The zero-order valence-electron chi connectivity index (χ0n) is 15.5. The molecule has 0 amide bonds. The number of nitrogens with zero attached hydrogens (tertiary/aromatic N) is 2. The SMILES string of the molecule is CC1=C(Nc2nc(=O)c(F)cn2Cc2cc(F)cc(F)c2)CCC(OC(F)(F)F)=C1. The van der Waals surface area contributed by atoms with Gasteiger partial charge in [-0.2, -0.15) is 9.37 Å². The smallest absolute Gasteiger partial charge is 0.410 e. The fraction of sp³-hybridized carbons (Fsp3) is 0.263. The van der Waals surface area contributed by atoms with E-state index < -0.39 is 29.4 Å². The molecule has 0 radical (unpaired) electrons. The number of allylic oxidation sites excluding steroid dienone is 4. The molecule has 0 saturated heterocycles. The number of halogens is 6. The molecule has 0 unspecified atom stereocenters. The summed E-state index contributed by atoms with van der Waals surface area (Å²) in [4.78, 5) is 15.2. The molecule has 0 spiro atoms. The van der Waals surface area contributed by atoms with Crippen molar-refractivity contribution in [2.75, 3.05) is 5.32 Å². The Hall–Kier alpha value is -3.24. The Kier molecular flexibility index (Phi) is 5.90. The fourth-order valence-corrected chi connectivity index (χ4v) is 2.96. The molecule has 1 N–H and O–H groups in total. The van der Waals surface area contributed by atoms with Gasteiger partial charge in [0.2, 0.25) is 11.8 Å². The molecule has 1 aliphatic carbocycles. The van der Waals surface area contributed by atoms with Gasteiger partial charge in [0.1, 0.15) is 17.4 Å². The molecule has 3 rings (SSSR count). The van der Waals surface area contributed by atoms with Crippen LogP contribution in [0.3, 0.4) is 0 Å². The lowest BCUT2D eigenvalue weighted by Crippen LogP contribution is -2.22. The maximum atomic E-state index is 13.8. The Morgan fingerprint density at radius 3 is 2.40 bits per heavy atom. The summed E-state index contributed by atoms with van der Waals surface area (Å²) in [6.07, 6.45) is -2.76. The van der Waals surface area contributed by atoms with Crippen LogP contribution in [0.5, 0.6) is 0 Å². The Balaban J connectivity index is 1.91. The van der Waals surface area contributed by atoms with E-state index in [1.807, 2.05) is 0 Å².